The van der Waals surface area contributed by atoms with Gasteiger partial charge in [-0.15, -0.1) is 24.0 Å². The van der Waals surface area contributed by atoms with Gasteiger partial charge in [-0.1, -0.05) is 37.6 Å². The maximum atomic E-state index is 5.98. The van der Waals surface area contributed by atoms with Crippen LogP contribution in [0.25, 0.3) is 0 Å². The minimum atomic E-state index is 0. The molecule has 0 atom stereocenters. The minimum absolute atomic E-state index is 0. The number of hydrogen-bond donors (Lipinski definition) is 1. The van der Waals surface area contributed by atoms with Crippen molar-refractivity contribution in [3.63, 3.8) is 0 Å². The Morgan fingerprint density at radius 3 is 2.63 bits per heavy atom. The molecular weight excluding hydrogens is 373 g/mol. The van der Waals surface area contributed by atoms with E-state index in [-0.39, 0.29) is 24.0 Å². The minimum Gasteiger partial charge on any atom is -0.356 e. The molecule has 0 aliphatic heterocycles. The van der Waals surface area contributed by atoms with E-state index in [1.165, 1.54) is 5.56 Å². The topological polar surface area (TPSA) is 27.6 Å². The van der Waals surface area contributed by atoms with Crippen molar-refractivity contribution in [2.24, 2.45) is 10.9 Å². The molecule has 0 saturated heterocycles. The zero-order chi connectivity index (χ0) is 13.5. The Hall–Kier alpha value is -0.490. The van der Waals surface area contributed by atoms with Gasteiger partial charge < -0.3 is 10.2 Å². The summed E-state index contributed by atoms with van der Waals surface area (Å²) in [5.74, 6) is 1.50. The number of halogens is 2. The van der Waals surface area contributed by atoms with Crippen LogP contribution < -0.4 is 5.32 Å². The molecule has 5 heteroatoms. The number of guanidine groups is 1. The van der Waals surface area contributed by atoms with E-state index in [0.717, 1.165) is 24.1 Å². The zero-order valence-electron chi connectivity index (χ0n) is 12.0. The molecular formula is C14H23ClIN3. The quantitative estimate of drug-likeness (QED) is 0.479. The van der Waals surface area contributed by atoms with Crippen LogP contribution in [-0.4, -0.2) is 31.5 Å². The molecule has 0 aliphatic rings. The van der Waals surface area contributed by atoms with Crippen LogP contribution in [0, 0.1) is 5.92 Å². The van der Waals surface area contributed by atoms with Gasteiger partial charge in [-0.3, -0.25) is 4.99 Å². The molecule has 0 saturated carbocycles. The van der Waals surface area contributed by atoms with Gasteiger partial charge in [0.15, 0.2) is 5.96 Å². The van der Waals surface area contributed by atoms with E-state index < -0.39 is 0 Å². The maximum absolute atomic E-state index is 5.98. The van der Waals surface area contributed by atoms with E-state index in [1.54, 1.807) is 7.05 Å². The fourth-order valence-electron chi connectivity index (χ4n) is 1.66. The van der Waals surface area contributed by atoms with Crippen molar-refractivity contribution in [3.05, 3.63) is 34.9 Å². The summed E-state index contributed by atoms with van der Waals surface area (Å²) in [4.78, 5) is 6.37. The monoisotopic (exact) mass is 395 g/mol. The Morgan fingerprint density at radius 1 is 1.42 bits per heavy atom. The predicted octanol–water partition coefficient (Wildman–Crippen LogP) is 3.62. The molecule has 0 amide bonds. The van der Waals surface area contributed by atoms with Gasteiger partial charge >= 0.3 is 0 Å². The molecule has 1 N–H and O–H groups in total. The fourth-order valence-corrected chi connectivity index (χ4v) is 1.88. The lowest BCUT2D eigenvalue weighted by molar-refractivity contribution is 0.468. The summed E-state index contributed by atoms with van der Waals surface area (Å²) in [6.45, 7) is 6.07. The SMILES string of the molecule is CN=C(NCC(C)C)N(C)Cc1cccc(Cl)c1.I. The molecule has 3 nitrogen and oxygen atoms in total. The molecule has 0 fully saturated rings. The van der Waals surface area contributed by atoms with E-state index in [9.17, 15) is 0 Å². The Kier molecular flexibility index (Phi) is 9.18. The van der Waals surface area contributed by atoms with Gasteiger partial charge in [0.1, 0.15) is 0 Å². The third kappa shape index (κ3) is 7.01. The second-order valence-corrected chi connectivity index (χ2v) is 5.24. The molecule has 0 unspecified atom stereocenters. The molecule has 0 spiro atoms. The lowest BCUT2D eigenvalue weighted by Crippen LogP contribution is -2.40. The summed E-state index contributed by atoms with van der Waals surface area (Å²) in [5, 5.41) is 4.12. The number of aliphatic imine (C=N–C) groups is 1. The van der Waals surface area contributed by atoms with Crippen molar-refractivity contribution in [3.8, 4) is 0 Å². The summed E-state index contributed by atoms with van der Waals surface area (Å²) < 4.78 is 0. The Balaban J connectivity index is 0.00000324. The predicted molar refractivity (Wildman–Crippen MR) is 94.5 cm³/mol. The van der Waals surface area contributed by atoms with Crippen LogP contribution in [0.15, 0.2) is 29.3 Å². The number of benzene rings is 1. The second-order valence-electron chi connectivity index (χ2n) is 4.81. The number of nitrogens with one attached hydrogen (secondary N) is 1. The standard InChI is InChI=1S/C14H22ClN3.HI/c1-11(2)9-17-14(16-3)18(4)10-12-6-5-7-13(15)8-12;/h5-8,11H,9-10H2,1-4H3,(H,16,17);1H. The van der Waals surface area contributed by atoms with Crippen LogP contribution in [-0.2, 0) is 6.54 Å². The van der Waals surface area contributed by atoms with Crippen molar-refractivity contribution < 1.29 is 0 Å². The smallest absolute Gasteiger partial charge is 0.193 e. The Labute approximate surface area is 138 Å². The average Bonchev–Trinajstić information content (AvgIpc) is 2.29. The van der Waals surface area contributed by atoms with Crippen LogP contribution in [0.4, 0.5) is 0 Å². The highest BCUT2D eigenvalue weighted by molar-refractivity contribution is 14.0. The Morgan fingerprint density at radius 2 is 2.11 bits per heavy atom. The first-order valence-electron chi connectivity index (χ1n) is 6.19. The Bertz CT molecular complexity index is 407. The van der Waals surface area contributed by atoms with Crippen LogP contribution >= 0.6 is 35.6 Å². The molecule has 108 valence electrons. The van der Waals surface area contributed by atoms with Gasteiger partial charge in [-0.05, 0) is 23.6 Å². The molecule has 1 aromatic rings. The zero-order valence-corrected chi connectivity index (χ0v) is 15.1. The van der Waals surface area contributed by atoms with Crippen LogP contribution in [0.3, 0.4) is 0 Å². The molecule has 0 aliphatic carbocycles. The number of nitrogens with zero attached hydrogens (tertiary/aromatic N) is 2. The number of rotatable bonds is 4. The van der Waals surface area contributed by atoms with Crippen molar-refractivity contribution in [1.82, 2.24) is 10.2 Å². The summed E-state index contributed by atoms with van der Waals surface area (Å²) in [7, 11) is 3.83. The van der Waals surface area contributed by atoms with E-state index in [1.807, 2.05) is 25.2 Å². The summed E-state index contributed by atoms with van der Waals surface area (Å²) in [5.41, 5.74) is 1.18. The van der Waals surface area contributed by atoms with Crippen molar-refractivity contribution in [1.29, 1.82) is 0 Å². The van der Waals surface area contributed by atoms with Crippen molar-refractivity contribution in [2.75, 3.05) is 20.6 Å². The van der Waals surface area contributed by atoms with Gasteiger partial charge in [-0.2, -0.15) is 0 Å². The fraction of sp³-hybridized carbons (Fsp3) is 0.500. The average molecular weight is 396 g/mol. The third-order valence-electron chi connectivity index (χ3n) is 2.55. The summed E-state index contributed by atoms with van der Waals surface area (Å²) >= 11 is 5.98. The molecule has 0 aromatic heterocycles. The molecule has 0 radical (unpaired) electrons. The van der Waals surface area contributed by atoms with Crippen LogP contribution in [0.5, 0.6) is 0 Å². The van der Waals surface area contributed by atoms with Crippen LogP contribution in [0.2, 0.25) is 5.02 Å². The maximum Gasteiger partial charge on any atom is 0.193 e. The van der Waals surface area contributed by atoms with E-state index >= 15 is 0 Å². The molecule has 19 heavy (non-hydrogen) atoms. The second kappa shape index (κ2) is 9.42. The van der Waals surface area contributed by atoms with Crippen molar-refractivity contribution >= 4 is 41.5 Å². The third-order valence-corrected chi connectivity index (χ3v) is 2.79. The van der Waals surface area contributed by atoms with E-state index in [2.05, 4.69) is 35.1 Å². The van der Waals surface area contributed by atoms with E-state index in [4.69, 9.17) is 11.6 Å². The normalized spacial score (nSPS) is 11.2. The highest BCUT2D eigenvalue weighted by Gasteiger charge is 2.07. The number of hydrogen-bond acceptors (Lipinski definition) is 1. The van der Waals surface area contributed by atoms with Crippen molar-refractivity contribution in [2.45, 2.75) is 20.4 Å². The highest BCUT2D eigenvalue weighted by atomic mass is 127. The van der Waals surface area contributed by atoms with Crippen LogP contribution in [0.1, 0.15) is 19.4 Å². The first kappa shape index (κ1) is 18.5. The van der Waals surface area contributed by atoms with Gasteiger partial charge in [-0.25, -0.2) is 0 Å². The molecule has 0 heterocycles. The van der Waals surface area contributed by atoms with Gasteiger partial charge in [0.2, 0.25) is 0 Å². The summed E-state index contributed by atoms with van der Waals surface area (Å²) in [6, 6.07) is 7.90. The highest BCUT2D eigenvalue weighted by Crippen LogP contribution is 2.12. The molecule has 1 rings (SSSR count). The van der Waals surface area contributed by atoms with Gasteiger partial charge in [0.25, 0.3) is 0 Å². The molecule has 1 aromatic carbocycles. The molecule has 0 bridgehead atoms. The summed E-state index contributed by atoms with van der Waals surface area (Å²) in [6.07, 6.45) is 0. The lowest BCUT2D eigenvalue weighted by Gasteiger charge is -2.23. The first-order chi connectivity index (χ1) is 8.52. The largest absolute Gasteiger partial charge is 0.356 e. The lowest BCUT2D eigenvalue weighted by atomic mass is 10.2. The first-order valence-corrected chi connectivity index (χ1v) is 6.57. The van der Waals surface area contributed by atoms with Gasteiger partial charge in [0, 0.05) is 32.2 Å². The van der Waals surface area contributed by atoms with Gasteiger partial charge in [0.05, 0.1) is 0 Å². The van der Waals surface area contributed by atoms with E-state index in [0.29, 0.717) is 5.92 Å².